The number of hydrogen-bond donors (Lipinski definition) is 1. The van der Waals surface area contributed by atoms with Crippen molar-refractivity contribution in [2.45, 2.75) is 44.9 Å². The molecule has 15 heavy (non-hydrogen) atoms. The predicted molar refractivity (Wildman–Crippen MR) is 73.6 cm³/mol. The van der Waals surface area contributed by atoms with Crippen LogP contribution in [0.2, 0.25) is 0 Å². The molecule has 0 aromatic heterocycles. The fourth-order valence-electron chi connectivity index (χ4n) is 1.69. The van der Waals surface area contributed by atoms with Gasteiger partial charge in [-0.2, -0.15) is 11.8 Å². The Morgan fingerprint density at radius 1 is 1.53 bits per heavy atom. The molecule has 1 heterocycles. The van der Waals surface area contributed by atoms with Gasteiger partial charge >= 0.3 is 0 Å². The molecule has 0 amide bonds. The third-order valence-electron chi connectivity index (χ3n) is 2.95. The molecule has 1 aliphatic rings. The van der Waals surface area contributed by atoms with Crippen LogP contribution in [0.25, 0.3) is 0 Å². The molecular formula is C11H22N2S2. The first-order valence-electron chi connectivity index (χ1n) is 5.83. The minimum Gasteiger partial charge on any atom is -0.363 e. The summed E-state index contributed by atoms with van der Waals surface area (Å²) in [5.41, 5.74) is 0. The van der Waals surface area contributed by atoms with Crippen LogP contribution in [0.3, 0.4) is 0 Å². The van der Waals surface area contributed by atoms with Crippen molar-refractivity contribution in [2.24, 2.45) is 0 Å². The summed E-state index contributed by atoms with van der Waals surface area (Å²) >= 11 is 7.47. The third kappa shape index (κ3) is 3.83. The van der Waals surface area contributed by atoms with Crippen molar-refractivity contribution in [3.05, 3.63) is 0 Å². The summed E-state index contributed by atoms with van der Waals surface area (Å²) in [4.78, 5) is 2.34. The van der Waals surface area contributed by atoms with Gasteiger partial charge in [0, 0.05) is 30.1 Å². The molecule has 1 saturated heterocycles. The van der Waals surface area contributed by atoms with E-state index in [4.69, 9.17) is 12.2 Å². The second kappa shape index (κ2) is 6.59. The number of thiocarbonyl (C=S) groups is 1. The smallest absolute Gasteiger partial charge is 0.169 e. The van der Waals surface area contributed by atoms with E-state index in [0.717, 1.165) is 18.2 Å². The lowest BCUT2D eigenvalue weighted by Crippen LogP contribution is -2.51. The molecule has 1 fully saturated rings. The monoisotopic (exact) mass is 246 g/mol. The molecule has 1 rings (SSSR count). The molecule has 0 aromatic carbocycles. The normalized spacial score (nSPS) is 26.5. The summed E-state index contributed by atoms with van der Waals surface area (Å²) in [6, 6.07) is 0.561. The van der Waals surface area contributed by atoms with Gasteiger partial charge in [-0.15, -0.1) is 0 Å². The van der Waals surface area contributed by atoms with E-state index in [1.54, 1.807) is 0 Å². The Kier molecular flexibility index (Phi) is 5.75. The summed E-state index contributed by atoms with van der Waals surface area (Å²) in [5.74, 6) is 1.20. The Morgan fingerprint density at radius 3 is 2.93 bits per heavy atom. The van der Waals surface area contributed by atoms with E-state index in [-0.39, 0.29) is 0 Å². The summed E-state index contributed by atoms with van der Waals surface area (Å²) in [7, 11) is 0. The molecule has 0 aliphatic carbocycles. The highest BCUT2D eigenvalue weighted by Crippen LogP contribution is 2.24. The van der Waals surface area contributed by atoms with Crippen molar-refractivity contribution >= 4 is 29.1 Å². The number of hydrogen-bond acceptors (Lipinski definition) is 2. The first kappa shape index (κ1) is 13.1. The van der Waals surface area contributed by atoms with Gasteiger partial charge in [0.15, 0.2) is 5.11 Å². The molecule has 1 aliphatic heterocycles. The van der Waals surface area contributed by atoms with E-state index in [9.17, 15) is 0 Å². The minimum absolute atomic E-state index is 0.561. The maximum absolute atomic E-state index is 5.42. The molecule has 0 radical (unpaired) electrons. The Labute approximate surface area is 103 Å². The second-order valence-corrected chi connectivity index (χ2v) is 5.97. The molecule has 88 valence electrons. The Hall–Kier alpha value is 0.0400. The lowest BCUT2D eigenvalue weighted by atomic mass is 10.2. The van der Waals surface area contributed by atoms with Gasteiger partial charge in [-0.25, -0.2) is 0 Å². The number of rotatable bonds is 3. The number of nitrogens with zero attached hydrogens (tertiary/aromatic N) is 1. The Morgan fingerprint density at radius 2 is 2.27 bits per heavy atom. The minimum atomic E-state index is 0.561. The standard InChI is InChI=1S/C11H22N2S2/c1-4-5-6-12-11(14)13-7-8-15-10(3)9(13)2/h9-10H,4-8H2,1-3H3,(H,12,14). The van der Waals surface area contributed by atoms with Crippen molar-refractivity contribution in [3.8, 4) is 0 Å². The maximum atomic E-state index is 5.42. The van der Waals surface area contributed by atoms with Crippen LogP contribution in [-0.4, -0.2) is 40.1 Å². The largest absolute Gasteiger partial charge is 0.363 e. The van der Waals surface area contributed by atoms with Crippen molar-refractivity contribution in [1.82, 2.24) is 10.2 Å². The lowest BCUT2D eigenvalue weighted by molar-refractivity contribution is 0.329. The number of thioether (sulfide) groups is 1. The highest BCUT2D eigenvalue weighted by Gasteiger charge is 2.26. The van der Waals surface area contributed by atoms with Crippen molar-refractivity contribution in [3.63, 3.8) is 0 Å². The Bertz CT molecular complexity index is 209. The summed E-state index contributed by atoms with van der Waals surface area (Å²) in [5, 5.41) is 4.98. The molecule has 0 spiro atoms. The van der Waals surface area contributed by atoms with Crippen LogP contribution in [0.15, 0.2) is 0 Å². The fourth-order valence-corrected chi connectivity index (χ4v) is 3.15. The zero-order valence-electron chi connectivity index (χ0n) is 9.95. The average molecular weight is 246 g/mol. The van der Waals surface area contributed by atoms with Crippen LogP contribution in [0.4, 0.5) is 0 Å². The van der Waals surface area contributed by atoms with Crippen LogP contribution in [-0.2, 0) is 0 Å². The van der Waals surface area contributed by atoms with E-state index in [1.165, 1.54) is 18.6 Å². The third-order valence-corrected chi connectivity index (χ3v) is 4.67. The molecule has 2 unspecified atom stereocenters. The van der Waals surface area contributed by atoms with Gasteiger partial charge < -0.3 is 10.2 Å². The highest BCUT2D eigenvalue weighted by molar-refractivity contribution is 8.00. The number of unbranched alkanes of at least 4 members (excludes halogenated alkanes) is 1. The zero-order valence-corrected chi connectivity index (χ0v) is 11.6. The quantitative estimate of drug-likeness (QED) is 0.607. The molecule has 0 bridgehead atoms. The van der Waals surface area contributed by atoms with E-state index >= 15 is 0 Å². The highest BCUT2D eigenvalue weighted by atomic mass is 32.2. The Balaban J connectivity index is 2.37. The molecule has 2 atom stereocenters. The van der Waals surface area contributed by atoms with Crippen molar-refractivity contribution < 1.29 is 0 Å². The summed E-state index contributed by atoms with van der Waals surface area (Å²) in [6.45, 7) is 8.86. The van der Waals surface area contributed by atoms with Crippen LogP contribution >= 0.6 is 24.0 Å². The predicted octanol–water partition coefficient (Wildman–Crippen LogP) is 2.49. The van der Waals surface area contributed by atoms with E-state index in [1.807, 2.05) is 11.8 Å². The second-order valence-electron chi connectivity index (χ2n) is 4.10. The molecule has 4 heteroatoms. The first-order valence-corrected chi connectivity index (χ1v) is 7.28. The molecule has 0 saturated carbocycles. The SMILES string of the molecule is CCCCNC(=S)N1CCSC(C)C1C. The summed E-state index contributed by atoms with van der Waals surface area (Å²) in [6.07, 6.45) is 2.42. The zero-order chi connectivity index (χ0) is 11.3. The van der Waals surface area contributed by atoms with Gasteiger partial charge in [-0.3, -0.25) is 0 Å². The molecule has 2 nitrogen and oxygen atoms in total. The fraction of sp³-hybridized carbons (Fsp3) is 0.909. The van der Waals surface area contributed by atoms with Gasteiger partial charge in [0.1, 0.15) is 0 Å². The van der Waals surface area contributed by atoms with E-state index < -0.39 is 0 Å². The number of nitrogens with one attached hydrogen (secondary N) is 1. The van der Waals surface area contributed by atoms with Gasteiger partial charge in [0.05, 0.1) is 0 Å². The molecule has 0 aromatic rings. The van der Waals surface area contributed by atoms with Crippen LogP contribution in [0, 0.1) is 0 Å². The van der Waals surface area contributed by atoms with Crippen LogP contribution in [0.5, 0.6) is 0 Å². The van der Waals surface area contributed by atoms with E-state index in [2.05, 4.69) is 31.0 Å². The van der Waals surface area contributed by atoms with Crippen LogP contribution in [0.1, 0.15) is 33.6 Å². The van der Waals surface area contributed by atoms with Crippen molar-refractivity contribution in [1.29, 1.82) is 0 Å². The molecular weight excluding hydrogens is 224 g/mol. The summed E-state index contributed by atoms with van der Waals surface area (Å²) < 4.78 is 0. The maximum Gasteiger partial charge on any atom is 0.169 e. The van der Waals surface area contributed by atoms with Crippen molar-refractivity contribution in [2.75, 3.05) is 18.8 Å². The van der Waals surface area contributed by atoms with Gasteiger partial charge in [0.25, 0.3) is 0 Å². The van der Waals surface area contributed by atoms with E-state index in [0.29, 0.717) is 11.3 Å². The topological polar surface area (TPSA) is 15.3 Å². The van der Waals surface area contributed by atoms with Gasteiger partial charge in [-0.1, -0.05) is 20.3 Å². The lowest BCUT2D eigenvalue weighted by Gasteiger charge is -2.39. The first-order chi connectivity index (χ1) is 7.16. The van der Waals surface area contributed by atoms with Gasteiger partial charge in [0.2, 0.25) is 0 Å². The van der Waals surface area contributed by atoms with Crippen LogP contribution < -0.4 is 5.32 Å². The molecule has 1 N–H and O–H groups in total. The average Bonchev–Trinajstić information content (AvgIpc) is 2.22. The van der Waals surface area contributed by atoms with Gasteiger partial charge in [-0.05, 0) is 25.6 Å².